The Hall–Kier alpha value is -8.14. The van der Waals surface area contributed by atoms with Gasteiger partial charge in [-0.3, -0.25) is 0 Å². The molecule has 0 unspecified atom stereocenters. The lowest BCUT2D eigenvalue weighted by Crippen LogP contribution is -2.10. The highest BCUT2D eigenvalue weighted by molar-refractivity contribution is 6.17. The molecule has 0 atom stereocenters. The summed E-state index contributed by atoms with van der Waals surface area (Å²) in [5.41, 5.74) is 15.4. The van der Waals surface area contributed by atoms with Crippen LogP contribution in [0.25, 0.3) is 93.6 Å². The normalized spacial score (nSPS) is 11.6. The monoisotopic (exact) mass is 778 g/mol. The van der Waals surface area contributed by atoms with E-state index >= 15 is 0 Å². The zero-order chi connectivity index (χ0) is 40.3. The Morgan fingerprint density at radius 2 is 0.852 bits per heavy atom. The predicted octanol–water partition coefficient (Wildman–Crippen LogP) is 16.3. The van der Waals surface area contributed by atoms with Crippen molar-refractivity contribution in [2.45, 2.75) is 0 Å². The van der Waals surface area contributed by atoms with Crippen molar-refractivity contribution in [2.75, 3.05) is 4.90 Å². The van der Waals surface area contributed by atoms with Gasteiger partial charge in [0.1, 0.15) is 11.2 Å². The molecular formula is C58H38N2O. The number of hydrogen-bond acceptors (Lipinski definition) is 2. The zero-order valence-corrected chi connectivity index (χ0v) is 33.2. The Bertz CT molecular complexity index is 3540. The van der Waals surface area contributed by atoms with Gasteiger partial charge in [0, 0.05) is 55.2 Å². The molecule has 0 N–H and O–H groups in total. The number of anilines is 3. The molecule has 286 valence electrons. The van der Waals surface area contributed by atoms with Gasteiger partial charge in [0.2, 0.25) is 0 Å². The van der Waals surface area contributed by atoms with Crippen molar-refractivity contribution < 1.29 is 4.42 Å². The molecule has 12 aromatic rings. The molecule has 0 radical (unpaired) electrons. The van der Waals surface area contributed by atoms with Crippen LogP contribution in [0, 0.1) is 0 Å². The van der Waals surface area contributed by atoms with E-state index in [1.807, 2.05) is 0 Å². The number of furan rings is 1. The van der Waals surface area contributed by atoms with Gasteiger partial charge >= 0.3 is 0 Å². The van der Waals surface area contributed by atoms with Crippen LogP contribution in [-0.4, -0.2) is 4.57 Å². The number of nitrogens with zero attached hydrogens (tertiary/aromatic N) is 2. The van der Waals surface area contributed by atoms with Gasteiger partial charge in [0.05, 0.1) is 11.0 Å². The Morgan fingerprint density at radius 3 is 1.61 bits per heavy atom. The highest BCUT2D eigenvalue weighted by Gasteiger charge is 2.19. The van der Waals surface area contributed by atoms with Crippen molar-refractivity contribution in [3.63, 3.8) is 0 Å². The molecule has 0 aliphatic rings. The van der Waals surface area contributed by atoms with E-state index in [0.717, 1.165) is 77.9 Å². The molecule has 0 bridgehead atoms. The van der Waals surface area contributed by atoms with Crippen molar-refractivity contribution in [3.8, 4) is 39.1 Å². The molecule has 10 aromatic carbocycles. The maximum absolute atomic E-state index is 6.80. The van der Waals surface area contributed by atoms with Gasteiger partial charge in [-0.05, 0) is 99.9 Å². The van der Waals surface area contributed by atoms with Crippen molar-refractivity contribution in [1.29, 1.82) is 0 Å². The fourth-order valence-corrected chi connectivity index (χ4v) is 9.30. The summed E-state index contributed by atoms with van der Waals surface area (Å²) in [6, 6.07) is 82.8. The minimum atomic E-state index is 0.899. The average molecular weight is 779 g/mol. The summed E-state index contributed by atoms with van der Waals surface area (Å²) < 4.78 is 9.18. The molecule has 0 aliphatic heterocycles. The van der Waals surface area contributed by atoms with Gasteiger partial charge in [0.15, 0.2) is 0 Å². The standard InChI is InChI=1S/C58H38N2O/c1-2-14-39(15-3-1)42-17-10-20-46(36-42)59(47-21-12-19-44(38-47)50-26-13-27-53-54-35-32-41-16-4-5-23-49(41)57(54)61-58(50)53)45-33-30-40(31-34-45)43-18-11-22-48(37-43)60-55-28-8-6-24-51(55)52-25-7-9-29-56(52)60/h1-38H. The summed E-state index contributed by atoms with van der Waals surface area (Å²) in [6.45, 7) is 0. The first-order valence-electron chi connectivity index (χ1n) is 20.8. The van der Waals surface area contributed by atoms with E-state index in [-0.39, 0.29) is 0 Å². The Labute approximate surface area is 353 Å². The van der Waals surface area contributed by atoms with Crippen LogP contribution < -0.4 is 4.90 Å². The molecule has 0 saturated heterocycles. The van der Waals surface area contributed by atoms with Gasteiger partial charge in [-0.2, -0.15) is 0 Å². The maximum atomic E-state index is 6.80. The topological polar surface area (TPSA) is 21.3 Å². The number of benzene rings is 10. The van der Waals surface area contributed by atoms with Crippen LogP contribution in [0.15, 0.2) is 235 Å². The summed E-state index contributed by atoms with van der Waals surface area (Å²) in [5, 5.41) is 7.07. The number of para-hydroxylation sites is 3. The lowest BCUT2D eigenvalue weighted by molar-refractivity contribution is 0.674. The molecule has 0 aliphatic carbocycles. The minimum Gasteiger partial charge on any atom is -0.455 e. The molecule has 0 amide bonds. The van der Waals surface area contributed by atoms with Crippen molar-refractivity contribution in [1.82, 2.24) is 4.57 Å². The van der Waals surface area contributed by atoms with Crippen molar-refractivity contribution >= 4 is 71.6 Å². The second-order valence-corrected chi connectivity index (χ2v) is 15.7. The predicted molar refractivity (Wildman–Crippen MR) is 257 cm³/mol. The molecule has 2 aromatic heterocycles. The Balaban J connectivity index is 0.971. The third-order valence-electron chi connectivity index (χ3n) is 12.2. The number of aromatic nitrogens is 1. The van der Waals surface area contributed by atoms with E-state index in [0.29, 0.717) is 0 Å². The number of fused-ring (bicyclic) bond motifs is 8. The van der Waals surface area contributed by atoms with Gasteiger partial charge in [-0.1, -0.05) is 164 Å². The first-order valence-corrected chi connectivity index (χ1v) is 20.8. The summed E-state index contributed by atoms with van der Waals surface area (Å²) in [7, 11) is 0. The van der Waals surface area contributed by atoms with Crippen LogP contribution in [0.1, 0.15) is 0 Å². The van der Waals surface area contributed by atoms with E-state index < -0.39 is 0 Å². The van der Waals surface area contributed by atoms with Crippen LogP contribution in [0.2, 0.25) is 0 Å². The second kappa shape index (κ2) is 14.3. The minimum absolute atomic E-state index is 0.899. The van der Waals surface area contributed by atoms with Crippen LogP contribution in [0.5, 0.6) is 0 Å². The SMILES string of the molecule is c1ccc(-c2cccc(N(c3ccc(-c4cccc(-n5c6ccccc6c6ccccc65)c4)cc3)c3cccc(-c4cccc5c4oc4c6ccccc6ccc54)c3)c2)cc1. The largest absolute Gasteiger partial charge is 0.455 e. The highest BCUT2D eigenvalue weighted by atomic mass is 16.3. The molecule has 12 rings (SSSR count). The fraction of sp³-hybridized carbons (Fsp3) is 0. The number of hydrogen-bond donors (Lipinski definition) is 0. The van der Waals surface area contributed by atoms with Crippen molar-refractivity contribution in [3.05, 3.63) is 231 Å². The fourth-order valence-electron chi connectivity index (χ4n) is 9.30. The summed E-state index contributed by atoms with van der Waals surface area (Å²) in [5.74, 6) is 0. The molecule has 3 heteroatoms. The first kappa shape index (κ1) is 34.9. The van der Waals surface area contributed by atoms with Gasteiger partial charge in [0.25, 0.3) is 0 Å². The van der Waals surface area contributed by atoms with E-state index in [9.17, 15) is 0 Å². The average Bonchev–Trinajstić information content (AvgIpc) is 3.89. The Morgan fingerprint density at radius 1 is 0.311 bits per heavy atom. The summed E-state index contributed by atoms with van der Waals surface area (Å²) in [4.78, 5) is 2.36. The second-order valence-electron chi connectivity index (χ2n) is 15.7. The number of rotatable bonds is 7. The molecular weight excluding hydrogens is 741 g/mol. The molecule has 0 spiro atoms. The molecule has 61 heavy (non-hydrogen) atoms. The molecule has 3 nitrogen and oxygen atoms in total. The lowest BCUT2D eigenvalue weighted by Gasteiger charge is -2.27. The highest BCUT2D eigenvalue weighted by Crippen LogP contribution is 2.43. The smallest absolute Gasteiger partial charge is 0.143 e. The molecule has 0 saturated carbocycles. The maximum Gasteiger partial charge on any atom is 0.143 e. The molecule has 0 fully saturated rings. The van der Waals surface area contributed by atoms with E-state index in [4.69, 9.17) is 4.42 Å². The van der Waals surface area contributed by atoms with Crippen molar-refractivity contribution in [2.24, 2.45) is 0 Å². The third-order valence-corrected chi connectivity index (χ3v) is 12.2. The molecule has 2 heterocycles. The quantitative estimate of drug-likeness (QED) is 0.161. The summed E-state index contributed by atoms with van der Waals surface area (Å²) >= 11 is 0. The van der Waals surface area contributed by atoms with E-state index in [2.05, 4.69) is 240 Å². The van der Waals surface area contributed by atoms with Gasteiger partial charge < -0.3 is 13.9 Å². The van der Waals surface area contributed by atoms with Crippen LogP contribution in [-0.2, 0) is 0 Å². The van der Waals surface area contributed by atoms with E-state index in [1.54, 1.807) is 0 Å². The Kier molecular flexibility index (Phi) is 8.17. The van der Waals surface area contributed by atoms with Crippen LogP contribution in [0.4, 0.5) is 17.1 Å². The van der Waals surface area contributed by atoms with Gasteiger partial charge in [-0.15, -0.1) is 0 Å². The van der Waals surface area contributed by atoms with Crippen LogP contribution >= 0.6 is 0 Å². The van der Waals surface area contributed by atoms with Crippen LogP contribution in [0.3, 0.4) is 0 Å². The van der Waals surface area contributed by atoms with E-state index in [1.165, 1.54) is 32.8 Å². The van der Waals surface area contributed by atoms with Gasteiger partial charge in [-0.25, -0.2) is 0 Å². The summed E-state index contributed by atoms with van der Waals surface area (Å²) in [6.07, 6.45) is 0. The zero-order valence-electron chi connectivity index (χ0n) is 33.2. The third kappa shape index (κ3) is 5.90. The first-order chi connectivity index (χ1) is 30.2. The lowest BCUT2D eigenvalue weighted by atomic mass is 10.00.